The predicted molar refractivity (Wildman–Crippen MR) is 282 cm³/mol. The van der Waals surface area contributed by atoms with Crippen molar-refractivity contribution >= 4 is 75.9 Å². The molecular formula is C55H52Cl2F6N10O6. The number of nitrogens with zero attached hydrogens (tertiary/aromatic N) is 8. The number of carbonyl (C=O) groups excluding carboxylic acids is 5. The molecule has 4 aromatic carbocycles. The molecule has 10 rings (SSSR count). The van der Waals surface area contributed by atoms with Crippen LogP contribution in [0.3, 0.4) is 0 Å². The van der Waals surface area contributed by atoms with Crippen LogP contribution in [0.15, 0.2) is 134 Å². The van der Waals surface area contributed by atoms with Crippen molar-refractivity contribution in [1.29, 1.82) is 0 Å². The molecule has 2 saturated heterocycles. The number of Topliss-reactive ketones (excluding diaryl/α,β-unsaturated/α-hetero) is 1. The van der Waals surface area contributed by atoms with Crippen LogP contribution in [0.5, 0.6) is 0 Å². The van der Waals surface area contributed by atoms with Crippen molar-refractivity contribution < 1.29 is 55.4 Å². The molecule has 2 aromatic heterocycles. The standard InChI is InChI=1S/C27H25ClF3N5O3.C27H23ClF3N5O3.CH4/c2*28-21-8-2-1-7-20(21)23(24(38)34-17-13-27(30,31)14-17)36(18-6-3-5-16(29)11-18)25(39)22-12-19(37)15-35(22)26-32-9-4-10-33-26;/h1-11,17,19,22-23,37H,12-15H2,(H,34,38);1-11,17,22-23H,12-15H2,(H,34,38);1H4/t19-,22+,23+;22-,23-;/m10./s1. The zero-order chi connectivity index (χ0) is 55.5. The van der Waals surface area contributed by atoms with E-state index in [0.29, 0.717) is 0 Å². The van der Waals surface area contributed by atoms with E-state index in [-0.39, 0.29) is 83.6 Å². The number of anilines is 4. The van der Waals surface area contributed by atoms with Crippen molar-refractivity contribution in [3.8, 4) is 0 Å². The van der Waals surface area contributed by atoms with Gasteiger partial charge in [0.1, 0.15) is 35.8 Å². The van der Waals surface area contributed by atoms with E-state index in [1.807, 2.05) is 0 Å². The lowest BCUT2D eigenvalue weighted by molar-refractivity contribution is -0.133. The Labute approximate surface area is 459 Å². The van der Waals surface area contributed by atoms with E-state index in [9.17, 15) is 55.4 Å². The average Bonchev–Trinajstić information content (AvgIpc) is 4.07. The summed E-state index contributed by atoms with van der Waals surface area (Å²) < 4.78 is 83.1. The van der Waals surface area contributed by atoms with E-state index < -0.39 is 115 Å². The number of halogens is 8. The van der Waals surface area contributed by atoms with Gasteiger partial charge in [-0.3, -0.25) is 33.8 Å². The largest absolute Gasteiger partial charge is 0.391 e. The molecule has 0 radical (unpaired) electrons. The van der Waals surface area contributed by atoms with Gasteiger partial charge in [-0.25, -0.2) is 46.3 Å². The molecular weight excluding hydrogens is 1080 g/mol. The van der Waals surface area contributed by atoms with Gasteiger partial charge in [0.25, 0.3) is 23.7 Å². The molecule has 0 spiro atoms. The average molecular weight is 1130 g/mol. The molecule has 79 heavy (non-hydrogen) atoms. The van der Waals surface area contributed by atoms with Crippen molar-refractivity contribution in [3.63, 3.8) is 0 Å². The summed E-state index contributed by atoms with van der Waals surface area (Å²) in [7, 11) is 0. The second kappa shape index (κ2) is 24.1. The lowest BCUT2D eigenvalue weighted by atomic mass is 9.87. The number of rotatable bonds is 14. The molecule has 414 valence electrons. The van der Waals surface area contributed by atoms with Gasteiger partial charge in [0.15, 0.2) is 5.78 Å². The van der Waals surface area contributed by atoms with E-state index >= 15 is 0 Å². The molecule has 4 amide bonds. The number of alkyl halides is 4. The summed E-state index contributed by atoms with van der Waals surface area (Å²) in [5, 5.41) is 16.0. The first-order valence-electron chi connectivity index (χ1n) is 24.6. The van der Waals surface area contributed by atoms with E-state index in [4.69, 9.17) is 23.2 Å². The summed E-state index contributed by atoms with van der Waals surface area (Å²) in [4.78, 5) is 90.5. The Hall–Kier alpha value is -7.69. The molecule has 0 unspecified atom stereocenters. The molecule has 2 aliphatic carbocycles. The van der Waals surface area contributed by atoms with Crippen LogP contribution in [0.2, 0.25) is 10.0 Å². The molecule has 0 bridgehead atoms. The molecule has 2 aliphatic heterocycles. The van der Waals surface area contributed by atoms with Gasteiger partial charge in [0.2, 0.25) is 23.7 Å². The van der Waals surface area contributed by atoms with E-state index in [1.165, 1.54) is 89.2 Å². The minimum Gasteiger partial charge on any atom is -0.391 e. The molecule has 5 atom stereocenters. The molecule has 4 fully saturated rings. The highest BCUT2D eigenvalue weighted by atomic mass is 35.5. The SMILES string of the molecule is C.O=C(NC1CC(F)(F)C1)[C@H](c1ccccc1Cl)N(C(=O)[C@@H]1C[C@@H](O)CN1c1ncccn1)c1cccc(F)c1.O=C1C[C@@H](C(=O)N(c2cccc(F)c2)[C@H](C(=O)NC2CC(F)(F)C2)c2ccccc2Cl)N(c2ncccn2)C1. The lowest BCUT2D eigenvalue weighted by Crippen LogP contribution is -2.56. The van der Waals surface area contributed by atoms with Gasteiger partial charge in [0, 0.05) is 114 Å². The first-order valence-corrected chi connectivity index (χ1v) is 25.3. The van der Waals surface area contributed by atoms with Crippen molar-refractivity contribution in [2.24, 2.45) is 0 Å². The summed E-state index contributed by atoms with van der Waals surface area (Å²) in [6, 6.07) is 19.4. The third-order valence-electron chi connectivity index (χ3n) is 13.5. The molecule has 3 N–H and O–H groups in total. The van der Waals surface area contributed by atoms with Gasteiger partial charge in [0.05, 0.1) is 12.6 Å². The fraction of sp³-hybridized carbons (Fsp3) is 0.327. The maximum absolute atomic E-state index is 14.5. The lowest BCUT2D eigenvalue weighted by Gasteiger charge is -2.39. The number of aliphatic hydroxyl groups excluding tert-OH is 1. The first-order chi connectivity index (χ1) is 37.3. The van der Waals surface area contributed by atoms with Crippen LogP contribution in [0.4, 0.5) is 49.6 Å². The number of amides is 4. The van der Waals surface area contributed by atoms with Gasteiger partial charge in [-0.05, 0) is 60.7 Å². The van der Waals surface area contributed by atoms with E-state index in [0.717, 1.165) is 21.9 Å². The maximum Gasteiger partial charge on any atom is 0.252 e. The number of carbonyl (C=O) groups is 5. The Balaban J connectivity index is 0.000000205. The monoisotopic (exact) mass is 1130 g/mol. The van der Waals surface area contributed by atoms with Gasteiger partial charge in [-0.15, -0.1) is 0 Å². The fourth-order valence-corrected chi connectivity index (χ4v) is 10.4. The molecule has 16 nitrogen and oxygen atoms in total. The molecule has 24 heteroatoms. The Kier molecular flexibility index (Phi) is 17.6. The number of nitrogens with one attached hydrogen (secondary N) is 2. The third kappa shape index (κ3) is 13.1. The Morgan fingerprint density at radius 1 is 0.608 bits per heavy atom. The van der Waals surface area contributed by atoms with Gasteiger partial charge < -0.3 is 25.5 Å². The minimum absolute atomic E-state index is 0. The van der Waals surface area contributed by atoms with Crippen LogP contribution < -0.4 is 30.2 Å². The molecule has 4 aliphatic rings. The Morgan fingerprint density at radius 2 is 1.03 bits per heavy atom. The van der Waals surface area contributed by atoms with Crippen LogP contribution in [0, 0.1) is 11.6 Å². The summed E-state index contributed by atoms with van der Waals surface area (Å²) in [5.41, 5.74) is 0.496. The molecule has 4 heterocycles. The van der Waals surface area contributed by atoms with Crippen molar-refractivity contribution in [2.75, 3.05) is 32.7 Å². The number of β-amino-alcohol motifs (C(OH)–C–C–N with tert-alkyl or cyclic N) is 1. The first kappa shape index (κ1) is 57.5. The quantitative estimate of drug-likeness (QED) is 0.0881. The normalized spacial score (nSPS) is 20.0. The summed E-state index contributed by atoms with van der Waals surface area (Å²) in [6.45, 7) is -0.0882. The summed E-state index contributed by atoms with van der Waals surface area (Å²) >= 11 is 13.0. The maximum atomic E-state index is 14.5. The van der Waals surface area contributed by atoms with Crippen LogP contribution in [-0.2, 0) is 24.0 Å². The zero-order valence-corrected chi connectivity index (χ0v) is 42.5. The highest BCUT2D eigenvalue weighted by Crippen LogP contribution is 2.42. The third-order valence-corrected chi connectivity index (χ3v) is 14.2. The van der Waals surface area contributed by atoms with E-state index in [1.54, 1.807) is 42.5 Å². The van der Waals surface area contributed by atoms with Crippen molar-refractivity contribution in [1.82, 2.24) is 30.6 Å². The van der Waals surface area contributed by atoms with Gasteiger partial charge >= 0.3 is 0 Å². The number of benzene rings is 4. The molecule has 6 aromatic rings. The van der Waals surface area contributed by atoms with Crippen LogP contribution in [-0.4, -0.2) is 110 Å². The highest BCUT2D eigenvalue weighted by molar-refractivity contribution is 6.32. The van der Waals surface area contributed by atoms with Crippen LogP contribution in [0.1, 0.15) is 69.2 Å². The minimum atomic E-state index is -2.89. The number of aliphatic hydroxyl groups is 1. The summed E-state index contributed by atoms with van der Waals surface area (Å²) in [5.74, 6) is -9.90. The van der Waals surface area contributed by atoms with E-state index in [2.05, 4.69) is 30.6 Å². The summed E-state index contributed by atoms with van der Waals surface area (Å²) in [6.07, 6.45) is 2.66. The number of ketones is 1. The number of aromatic nitrogens is 4. The van der Waals surface area contributed by atoms with Crippen LogP contribution >= 0.6 is 23.2 Å². The van der Waals surface area contributed by atoms with Gasteiger partial charge in [-0.2, -0.15) is 0 Å². The second-order valence-electron chi connectivity index (χ2n) is 19.2. The molecule has 2 saturated carbocycles. The fourth-order valence-electron chi connectivity index (χ4n) is 9.93. The van der Waals surface area contributed by atoms with Crippen LogP contribution in [0.25, 0.3) is 0 Å². The smallest absolute Gasteiger partial charge is 0.252 e. The number of hydrogen-bond donors (Lipinski definition) is 3. The zero-order valence-electron chi connectivity index (χ0n) is 41.0. The highest BCUT2D eigenvalue weighted by Gasteiger charge is 2.51. The van der Waals surface area contributed by atoms with Gasteiger partial charge in [-0.1, -0.05) is 79.2 Å². The second-order valence-corrected chi connectivity index (χ2v) is 20.0. The number of hydrogen-bond acceptors (Lipinski definition) is 12. The Morgan fingerprint density at radius 3 is 1.44 bits per heavy atom. The van der Waals surface area contributed by atoms with Crippen molar-refractivity contribution in [3.05, 3.63) is 167 Å². The Bertz CT molecular complexity index is 3180. The topological polar surface area (TPSA) is 194 Å². The predicted octanol–water partition coefficient (Wildman–Crippen LogP) is 8.64. The van der Waals surface area contributed by atoms with Crippen molar-refractivity contribution in [2.45, 2.75) is 100 Å².